The number of pyridine rings is 1. The first kappa shape index (κ1) is 11.8. The molecule has 90 valence electrons. The third-order valence-corrected chi connectivity index (χ3v) is 3.04. The van der Waals surface area contributed by atoms with Crippen LogP contribution < -0.4 is 5.73 Å². The van der Waals surface area contributed by atoms with Gasteiger partial charge in [-0.2, -0.15) is 5.10 Å². The number of hydrogen-bond donors (Lipinski definition) is 1. The molecule has 2 rings (SSSR count). The maximum absolute atomic E-state index is 6.17. The Kier molecular flexibility index (Phi) is 3.54. The average molecular weight is 230 g/mol. The van der Waals surface area contributed by atoms with Gasteiger partial charge >= 0.3 is 0 Å². The van der Waals surface area contributed by atoms with E-state index in [-0.39, 0.29) is 6.04 Å². The Balaban J connectivity index is 2.01. The van der Waals surface area contributed by atoms with E-state index in [4.69, 9.17) is 5.73 Å². The lowest BCUT2D eigenvalue weighted by Gasteiger charge is -2.13. The van der Waals surface area contributed by atoms with E-state index in [1.807, 2.05) is 43.0 Å². The molecular formula is C13H18N4. The summed E-state index contributed by atoms with van der Waals surface area (Å²) in [6.07, 6.45) is 5.42. The molecule has 0 spiro atoms. The van der Waals surface area contributed by atoms with Gasteiger partial charge in [0.15, 0.2) is 0 Å². The molecule has 0 aliphatic rings. The van der Waals surface area contributed by atoms with E-state index in [1.54, 1.807) is 6.20 Å². The van der Waals surface area contributed by atoms with Crippen molar-refractivity contribution in [3.8, 4) is 0 Å². The zero-order chi connectivity index (χ0) is 12.3. The number of hydrogen-bond acceptors (Lipinski definition) is 3. The van der Waals surface area contributed by atoms with Crippen LogP contribution >= 0.6 is 0 Å². The Bertz CT molecular complexity index is 490. The number of nitrogens with two attached hydrogens (primary N) is 1. The molecule has 17 heavy (non-hydrogen) atoms. The molecule has 0 aliphatic heterocycles. The third-order valence-electron chi connectivity index (χ3n) is 3.04. The highest BCUT2D eigenvalue weighted by atomic mass is 15.2. The Morgan fingerprint density at radius 2 is 2.18 bits per heavy atom. The quantitative estimate of drug-likeness (QED) is 0.870. The standard InChI is InChI=1S/C13H18N4/c1-10-4-3-8-15-13(10)12(14)6-5-11-7-9-16-17(11)2/h3-4,7-9,12H,5-6,14H2,1-2H3. The molecule has 0 saturated heterocycles. The van der Waals surface area contributed by atoms with E-state index in [0.29, 0.717) is 0 Å². The molecule has 0 fully saturated rings. The molecule has 1 unspecified atom stereocenters. The SMILES string of the molecule is Cc1cccnc1C(N)CCc1ccnn1C. The predicted octanol–water partition coefficient (Wildman–Crippen LogP) is 1.76. The van der Waals surface area contributed by atoms with Crippen LogP contribution in [0.15, 0.2) is 30.6 Å². The molecular weight excluding hydrogens is 212 g/mol. The monoisotopic (exact) mass is 230 g/mol. The second-order valence-electron chi connectivity index (χ2n) is 4.30. The van der Waals surface area contributed by atoms with Crippen molar-refractivity contribution in [2.75, 3.05) is 0 Å². The van der Waals surface area contributed by atoms with Crippen LogP contribution in [0.4, 0.5) is 0 Å². The van der Waals surface area contributed by atoms with E-state index in [2.05, 4.69) is 10.1 Å². The van der Waals surface area contributed by atoms with Gasteiger partial charge in [0.2, 0.25) is 0 Å². The van der Waals surface area contributed by atoms with Gasteiger partial charge in [0.25, 0.3) is 0 Å². The van der Waals surface area contributed by atoms with Crippen molar-refractivity contribution in [3.05, 3.63) is 47.5 Å². The molecule has 2 heterocycles. The minimum atomic E-state index is -0.00824. The minimum absolute atomic E-state index is 0.00824. The lowest BCUT2D eigenvalue weighted by atomic mass is 10.0. The smallest absolute Gasteiger partial charge is 0.0600 e. The number of rotatable bonds is 4. The summed E-state index contributed by atoms with van der Waals surface area (Å²) in [5.74, 6) is 0. The Morgan fingerprint density at radius 1 is 1.35 bits per heavy atom. The lowest BCUT2D eigenvalue weighted by Crippen LogP contribution is -2.15. The van der Waals surface area contributed by atoms with Crippen molar-refractivity contribution >= 4 is 0 Å². The van der Waals surface area contributed by atoms with E-state index in [9.17, 15) is 0 Å². The van der Waals surface area contributed by atoms with E-state index < -0.39 is 0 Å². The third kappa shape index (κ3) is 2.71. The van der Waals surface area contributed by atoms with Crippen LogP contribution in [0.1, 0.15) is 29.4 Å². The average Bonchev–Trinajstić information content (AvgIpc) is 2.72. The van der Waals surface area contributed by atoms with Gasteiger partial charge in [0.05, 0.1) is 5.69 Å². The van der Waals surface area contributed by atoms with E-state index >= 15 is 0 Å². The summed E-state index contributed by atoms with van der Waals surface area (Å²) in [4.78, 5) is 4.35. The van der Waals surface area contributed by atoms with Crippen LogP contribution in [0, 0.1) is 6.92 Å². The van der Waals surface area contributed by atoms with Gasteiger partial charge in [-0.1, -0.05) is 6.07 Å². The summed E-state index contributed by atoms with van der Waals surface area (Å²) in [6, 6.07) is 6.00. The number of aryl methyl sites for hydroxylation is 3. The van der Waals surface area contributed by atoms with Gasteiger partial charge < -0.3 is 5.73 Å². The van der Waals surface area contributed by atoms with Crippen LogP contribution in [0.5, 0.6) is 0 Å². The molecule has 4 nitrogen and oxygen atoms in total. The summed E-state index contributed by atoms with van der Waals surface area (Å²) < 4.78 is 1.89. The number of aromatic nitrogens is 3. The molecule has 0 radical (unpaired) electrons. The van der Waals surface area contributed by atoms with Gasteiger partial charge in [-0.15, -0.1) is 0 Å². The van der Waals surface area contributed by atoms with Crippen molar-refractivity contribution in [2.45, 2.75) is 25.8 Å². The maximum Gasteiger partial charge on any atom is 0.0600 e. The predicted molar refractivity (Wildman–Crippen MR) is 67.4 cm³/mol. The molecule has 2 aromatic rings. The van der Waals surface area contributed by atoms with Crippen LogP contribution in [0.25, 0.3) is 0 Å². The summed E-state index contributed by atoms with van der Waals surface area (Å²) >= 11 is 0. The fourth-order valence-corrected chi connectivity index (χ4v) is 1.97. The Labute approximate surface area is 101 Å². The van der Waals surface area contributed by atoms with Crippen molar-refractivity contribution in [1.82, 2.24) is 14.8 Å². The normalized spacial score (nSPS) is 12.6. The molecule has 2 aromatic heterocycles. The van der Waals surface area contributed by atoms with Gasteiger partial charge in [0, 0.05) is 31.2 Å². The van der Waals surface area contributed by atoms with Crippen LogP contribution in [-0.4, -0.2) is 14.8 Å². The molecule has 0 bridgehead atoms. The fourth-order valence-electron chi connectivity index (χ4n) is 1.97. The summed E-state index contributed by atoms with van der Waals surface area (Å²) in [6.45, 7) is 2.05. The summed E-state index contributed by atoms with van der Waals surface area (Å²) in [5, 5.41) is 4.15. The molecule has 0 aliphatic carbocycles. The molecule has 2 N–H and O–H groups in total. The zero-order valence-electron chi connectivity index (χ0n) is 10.3. The van der Waals surface area contributed by atoms with Crippen molar-refractivity contribution < 1.29 is 0 Å². The first-order chi connectivity index (χ1) is 8.18. The largest absolute Gasteiger partial charge is 0.323 e. The highest BCUT2D eigenvalue weighted by Gasteiger charge is 2.11. The van der Waals surface area contributed by atoms with Gasteiger partial charge in [-0.25, -0.2) is 0 Å². The summed E-state index contributed by atoms with van der Waals surface area (Å²) in [7, 11) is 1.95. The Hall–Kier alpha value is -1.68. The second-order valence-corrected chi connectivity index (χ2v) is 4.30. The highest BCUT2D eigenvalue weighted by molar-refractivity contribution is 5.20. The molecule has 0 aromatic carbocycles. The molecule has 0 amide bonds. The van der Waals surface area contributed by atoms with Crippen molar-refractivity contribution in [3.63, 3.8) is 0 Å². The van der Waals surface area contributed by atoms with Crippen LogP contribution in [-0.2, 0) is 13.5 Å². The highest BCUT2D eigenvalue weighted by Crippen LogP contribution is 2.17. The molecule has 0 saturated carbocycles. The van der Waals surface area contributed by atoms with Crippen molar-refractivity contribution in [2.24, 2.45) is 12.8 Å². The first-order valence-corrected chi connectivity index (χ1v) is 5.82. The Morgan fingerprint density at radius 3 is 2.82 bits per heavy atom. The number of nitrogens with zero attached hydrogens (tertiary/aromatic N) is 3. The first-order valence-electron chi connectivity index (χ1n) is 5.82. The van der Waals surface area contributed by atoms with Crippen LogP contribution in [0.3, 0.4) is 0 Å². The molecule has 4 heteroatoms. The van der Waals surface area contributed by atoms with E-state index in [1.165, 1.54) is 5.69 Å². The van der Waals surface area contributed by atoms with Gasteiger partial charge in [-0.3, -0.25) is 9.67 Å². The zero-order valence-corrected chi connectivity index (χ0v) is 10.3. The van der Waals surface area contributed by atoms with Crippen LogP contribution in [0.2, 0.25) is 0 Å². The second kappa shape index (κ2) is 5.10. The van der Waals surface area contributed by atoms with Crippen molar-refractivity contribution in [1.29, 1.82) is 0 Å². The van der Waals surface area contributed by atoms with E-state index in [0.717, 1.165) is 24.1 Å². The maximum atomic E-state index is 6.17. The summed E-state index contributed by atoms with van der Waals surface area (Å²) in [5.41, 5.74) is 9.53. The topological polar surface area (TPSA) is 56.7 Å². The lowest BCUT2D eigenvalue weighted by molar-refractivity contribution is 0.599. The molecule has 1 atom stereocenters. The van der Waals surface area contributed by atoms with Gasteiger partial charge in [0.1, 0.15) is 0 Å². The minimum Gasteiger partial charge on any atom is -0.323 e. The fraction of sp³-hybridized carbons (Fsp3) is 0.385. The van der Waals surface area contributed by atoms with Gasteiger partial charge in [-0.05, 0) is 37.5 Å².